The van der Waals surface area contributed by atoms with E-state index in [0.717, 1.165) is 56.1 Å². The van der Waals surface area contributed by atoms with Crippen molar-refractivity contribution >= 4 is 23.4 Å². The zero-order valence-corrected chi connectivity index (χ0v) is 19.6. The van der Waals surface area contributed by atoms with Gasteiger partial charge in [0.1, 0.15) is 6.04 Å². The number of benzene rings is 1. The number of carbonyl (C=O) groups excluding carboxylic acids is 3. The molecule has 1 aromatic carbocycles. The normalized spacial score (nSPS) is 31.8. The highest BCUT2D eigenvalue weighted by atomic mass is 16.5. The summed E-state index contributed by atoms with van der Waals surface area (Å²) in [4.78, 5) is 38.9. The van der Waals surface area contributed by atoms with Crippen molar-refractivity contribution < 1.29 is 19.1 Å². The molecule has 2 saturated heterocycles. The minimum Gasteiger partial charge on any atom is -0.379 e. The van der Waals surface area contributed by atoms with E-state index in [1.165, 1.54) is 19.3 Å². The van der Waals surface area contributed by atoms with E-state index in [1.807, 2.05) is 12.1 Å². The number of amides is 3. The minimum atomic E-state index is -0.581. The fraction of sp³-hybridized carbons (Fsp3) is 0.654. The molecule has 1 atom stereocenters. The van der Waals surface area contributed by atoms with Gasteiger partial charge in [-0.25, -0.2) is 0 Å². The molecular formula is C26H34N4O4. The lowest BCUT2D eigenvalue weighted by Crippen LogP contribution is -2.54. The standard InChI is InChI=1S/C26H34N4O4/c31-23-7-6-22(24(32)28-23)30-13-20-19(25(30)33)2-1-3-21(20)29-26(12-16-4-5-16)10-8-17(9-11-26)27-18-14-34-15-18/h1-3,16-18,22,27,29H,4-15H2,(H,28,31,32). The first kappa shape index (κ1) is 22.0. The number of carbonyl (C=O) groups is 3. The Balaban J connectivity index is 1.19. The molecule has 3 N–H and O–H groups in total. The van der Waals surface area contributed by atoms with Crippen LogP contribution in [0.25, 0.3) is 0 Å². The molecule has 4 fully saturated rings. The van der Waals surface area contributed by atoms with Gasteiger partial charge in [0.2, 0.25) is 11.8 Å². The van der Waals surface area contributed by atoms with E-state index in [9.17, 15) is 14.4 Å². The van der Waals surface area contributed by atoms with Gasteiger partial charge in [0, 0.05) is 41.4 Å². The van der Waals surface area contributed by atoms with E-state index in [4.69, 9.17) is 4.74 Å². The molecule has 5 aliphatic rings. The molecule has 1 unspecified atom stereocenters. The van der Waals surface area contributed by atoms with Gasteiger partial charge in [0.15, 0.2) is 0 Å². The molecule has 8 nitrogen and oxygen atoms in total. The van der Waals surface area contributed by atoms with Crippen LogP contribution in [0.4, 0.5) is 5.69 Å². The van der Waals surface area contributed by atoms with Gasteiger partial charge in [0.25, 0.3) is 5.91 Å². The fourth-order valence-electron chi connectivity index (χ4n) is 6.25. The van der Waals surface area contributed by atoms with Crippen molar-refractivity contribution in [2.75, 3.05) is 18.5 Å². The fourth-order valence-corrected chi connectivity index (χ4v) is 6.25. The molecule has 0 spiro atoms. The highest BCUT2D eigenvalue weighted by Gasteiger charge is 2.43. The number of hydrogen-bond acceptors (Lipinski definition) is 6. The Labute approximate surface area is 200 Å². The zero-order valence-electron chi connectivity index (χ0n) is 19.6. The molecule has 3 amide bonds. The second-order valence-electron chi connectivity index (χ2n) is 11.0. The first-order valence-corrected chi connectivity index (χ1v) is 12.9. The number of nitrogens with zero attached hydrogens (tertiary/aromatic N) is 1. The topological polar surface area (TPSA) is 99.8 Å². The van der Waals surface area contributed by atoms with Gasteiger partial charge in [-0.3, -0.25) is 19.7 Å². The largest absolute Gasteiger partial charge is 0.379 e. The average molecular weight is 467 g/mol. The highest BCUT2D eigenvalue weighted by Crippen LogP contribution is 2.45. The molecule has 6 rings (SSSR count). The lowest BCUT2D eigenvalue weighted by molar-refractivity contribution is -0.136. The van der Waals surface area contributed by atoms with Gasteiger partial charge < -0.3 is 20.3 Å². The quantitative estimate of drug-likeness (QED) is 0.534. The van der Waals surface area contributed by atoms with E-state index in [0.29, 0.717) is 30.6 Å². The van der Waals surface area contributed by atoms with Crippen molar-refractivity contribution in [1.29, 1.82) is 0 Å². The Morgan fingerprint density at radius 3 is 2.50 bits per heavy atom. The van der Waals surface area contributed by atoms with Gasteiger partial charge >= 0.3 is 0 Å². The third-order valence-corrected chi connectivity index (χ3v) is 8.41. The van der Waals surface area contributed by atoms with Crippen LogP contribution >= 0.6 is 0 Å². The number of piperidine rings is 1. The van der Waals surface area contributed by atoms with E-state index in [1.54, 1.807) is 4.90 Å². The van der Waals surface area contributed by atoms with E-state index >= 15 is 0 Å². The van der Waals surface area contributed by atoms with Crippen molar-refractivity contribution in [3.63, 3.8) is 0 Å². The summed E-state index contributed by atoms with van der Waals surface area (Å²) in [5.74, 6) is 0.0694. The molecular weight excluding hydrogens is 432 g/mol. The smallest absolute Gasteiger partial charge is 0.255 e. The lowest BCUT2D eigenvalue weighted by Gasteiger charge is -2.44. The van der Waals surface area contributed by atoms with Crippen LogP contribution < -0.4 is 16.0 Å². The SMILES string of the molecule is O=C1CCC(N2Cc3c(NC4(CC5CC5)CCC(NC5COC5)CC4)cccc3C2=O)C(=O)N1. The summed E-state index contributed by atoms with van der Waals surface area (Å²) in [6, 6.07) is 6.38. The molecule has 182 valence electrons. The van der Waals surface area contributed by atoms with Gasteiger partial charge in [-0.2, -0.15) is 0 Å². The van der Waals surface area contributed by atoms with Gasteiger partial charge in [0.05, 0.1) is 19.3 Å². The molecule has 2 saturated carbocycles. The van der Waals surface area contributed by atoms with Crippen LogP contribution in [-0.4, -0.2) is 59.5 Å². The Kier molecular flexibility index (Phi) is 5.60. The average Bonchev–Trinajstić information content (AvgIpc) is 3.54. The predicted molar refractivity (Wildman–Crippen MR) is 126 cm³/mol. The number of hydrogen-bond donors (Lipinski definition) is 3. The van der Waals surface area contributed by atoms with Crippen LogP contribution in [0.1, 0.15) is 73.7 Å². The van der Waals surface area contributed by atoms with E-state index in [-0.39, 0.29) is 29.7 Å². The van der Waals surface area contributed by atoms with Crippen molar-refractivity contribution in [2.24, 2.45) is 5.92 Å². The highest BCUT2D eigenvalue weighted by molar-refractivity contribution is 6.06. The molecule has 2 aliphatic carbocycles. The summed E-state index contributed by atoms with van der Waals surface area (Å²) in [7, 11) is 0. The number of ether oxygens (including phenoxy) is 1. The number of anilines is 1. The summed E-state index contributed by atoms with van der Waals surface area (Å²) >= 11 is 0. The summed E-state index contributed by atoms with van der Waals surface area (Å²) in [6.45, 7) is 2.07. The van der Waals surface area contributed by atoms with Crippen LogP contribution in [0.5, 0.6) is 0 Å². The Bertz CT molecular complexity index is 995. The lowest BCUT2D eigenvalue weighted by atomic mass is 9.75. The van der Waals surface area contributed by atoms with Gasteiger partial charge in [-0.1, -0.05) is 18.9 Å². The van der Waals surface area contributed by atoms with Crippen LogP contribution in [0.2, 0.25) is 0 Å². The number of imide groups is 1. The zero-order chi connectivity index (χ0) is 23.3. The van der Waals surface area contributed by atoms with Crippen LogP contribution in [0.3, 0.4) is 0 Å². The minimum absolute atomic E-state index is 0.0513. The second-order valence-corrected chi connectivity index (χ2v) is 11.0. The molecule has 34 heavy (non-hydrogen) atoms. The molecule has 0 aromatic heterocycles. The van der Waals surface area contributed by atoms with Crippen molar-refractivity contribution in [3.8, 4) is 0 Å². The van der Waals surface area contributed by atoms with Crippen molar-refractivity contribution in [3.05, 3.63) is 29.3 Å². The number of rotatable bonds is 7. The second kappa shape index (κ2) is 8.64. The maximum atomic E-state index is 13.2. The van der Waals surface area contributed by atoms with Gasteiger partial charge in [-0.05, 0) is 56.6 Å². The molecule has 1 aromatic rings. The Morgan fingerprint density at radius 2 is 1.82 bits per heavy atom. The molecule has 3 heterocycles. The van der Waals surface area contributed by atoms with Crippen molar-refractivity contribution in [2.45, 2.75) is 88.0 Å². The summed E-state index contributed by atoms with van der Waals surface area (Å²) < 4.78 is 5.32. The maximum absolute atomic E-state index is 13.2. The first-order chi connectivity index (χ1) is 16.5. The summed E-state index contributed by atoms with van der Waals surface area (Å²) in [5, 5.41) is 10.1. The van der Waals surface area contributed by atoms with Crippen LogP contribution in [0.15, 0.2) is 18.2 Å². The Morgan fingerprint density at radius 1 is 1.03 bits per heavy atom. The van der Waals surface area contributed by atoms with E-state index in [2.05, 4.69) is 22.0 Å². The van der Waals surface area contributed by atoms with Crippen LogP contribution in [-0.2, 0) is 20.9 Å². The maximum Gasteiger partial charge on any atom is 0.255 e. The van der Waals surface area contributed by atoms with Gasteiger partial charge in [-0.15, -0.1) is 0 Å². The Hall–Kier alpha value is -2.45. The summed E-state index contributed by atoms with van der Waals surface area (Å²) in [6.07, 6.45) is 9.00. The predicted octanol–water partition coefficient (Wildman–Crippen LogP) is 2.33. The van der Waals surface area contributed by atoms with Crippen molar-refractivity contribution in [1.82, 2.24) is 15.5 Å². The number of fused-ring (bicyclic) bond motifs is 1. The number of nitrogens with one attached hydrogen (secondary N) is 3. The third kappa shape index (κ3) is 4.22. The summed E-state index contributed by atoms with van der Waals surface area (Å²) in [5.41, 5.74) is 2.74. The molecule has 8 heteroatoms. The van der Waals surface area contributed by atoms with Crippen LogP contribution in [0, 0.1) is 5.92 Å². The van der Waals surface area contributed by atoms with E-state index < -0.39 is 6.04 Å². The molecule has 0 radical (unpaired) electrons. The monoisotopic (exact) mass is 466 g/mol. The first-order valence-electron chi connectivity index (χ1n) is 12.9. The third-order valence-electron chi connectivity index (χ3n) is 8.41. The molecule has 3 aliphatic heterocycles. The molecule has 0 bridgehead atoms.